The van der Waals surface area contributed by atoms with Crippen LogP contribution < -0.4 is 10.2 Å². The van der Waals surface area contributed by atoms with Gasteiger partial charge in [-0.3, -0.25) is 28.8 Å². The number of aliphatic hydroxyl groups excluding tert-OH is 4. The SMILES string of the molecule is [2H]CC(=O)OC[C@@H](O)[C@@H](OC(=O)C[2H])[C@H](OC(=O)C[2H])[C@@H](O)C(=O)[O-].[2H]CC(=O)OC[C@@H](O)[C@@H](OC(=O)C[2H])[C@H](OC(=O)C[2H])[C@@H](O)C(=O)[O-].[Ca+2]. The van der Waals surface area contributed by atoms with E-state index in [0.29, 0.717) is 0 Å². The predicted molar refractivity (Wildman–Crippen MR) is 135 cm³/mol. The molecular formula is C24H34CaO20. The molecule has 252 valence electrons. The van der Waals surface area contributed by atoms with Crippen LogP contribution in [0.5, 0.6) is 0 Å². The van der Waals surface area contributed by atoms with Gasteiger partial charge in [-0.05, 0) is 0 Å². The maximum Gasteiger partial charge on any atom is 2.00 e. The number of aliphatic hydroxyl groups is 4. The van der Waals surface area contributed by atoms with E-state index in [2.05, 4.69) is 28.4 Å². The molecule has 0 heterocycles. The van der Waals surface area contributed by atoms with Gasteiger partial charge in [0, 0.05) is 49.6 Å². The zero-order chi connectivity index (χ0) is 39.1. The number of rotatable bonds is 16. The van der Waals surface area contributed by atoms with Crippen LogP contribution in [0.4, 0.5) is 0 Å². The summed E-state index contributed by atoms with van der Waals surface area (Å²) in [6.07, 6.45) is -17.5. The van der Waals surface area contributed by atoms with Crippen molar-refractivity contribution in [2.24, 2.45) is 0 Å². The molecule has 20 nitrogen and oxygen atoms in total. The Labute approximate surface area is 293 Å². The Bertz CT molecular complexity index is 1060. The van der Waals surface area contributed by atoms with Crippen molar-refractivity contribution in [2.45, 2.75) is 90.2 Å². The molecule has 0 aliphatic rings. The van der Waals surface area contributed by atoms with Crippen molar-refractivity contribution in [3.8, 4) is 0 Å². The molecular weight excluding hydrogens is 648 g/mol. The van der Waals surface area contributed by atoms with Crippen LogP contribution in [0, 0.1) is 0 Å². The molecule has 0 unspecified atom stereocenters. The Kier molecular flexibility index (Phi) is 17.9. The van der Waals surface area contributed by atoms with Crippen molar-refractivity contribution in [2.75, 3.05) is 13.2 Å². The minimum Gasteiger partial charge on any atom is -0.547 e. The molecule has 0 saturated heterocycles. The number of esters is 6. The molecule has 21 heteroatoms. The fraction of sp³-hybridized carbons (Fsp3) is 0.667. The van der Waals surface area contributed by atoms with Crippen LogP contribution in [0.2, 0.25) is 0 Å². The van der Waals surface area contributed by atoms with Gasteiger partial charge in [0.15, 0.2) is 24.4 Å². The second kappa shape index (κ2) is 23.2. The molecule has 0 aromatic carbocycles. The standard InChI is InChI=1S/2C12H18O10.Ca/c2*1-5(13)20-4-8(16)10(21-6(2)14)11(22-7(3)15)9(17)12(18)19;/h2*8-11,16-17H,4H2,1-3H3,(H,18,19);/q;;+2/p-2/t2*8-,9-,10-,11-;/m11./s1/i2*1D,2D,3D;. The summed E-state index contributed by atoms with van der Waals surface area (Å²) in [7, 11) is 0. The molecule has 8 atom stereocenters. The molecule has 0 aliphatic carbocycles. The molecule has 0 aliphatic heterocycles. The van der Waals surface area contributed by atoms with Gasteiger partial charge in [0.05, 0.1) is 11.9 Å². The molecule has 0 rings (SSSR count). The molecule has 0 spiro atoms. The van der Waals surface area contributed by atoms with Gasteiger partial charge >= 0.3 is 73.6 Å². The summed E-state index contributed by atoms with van der Waals surface area (Å²) < 4.78 is 68.0. The van der Waals surface area contributed by atoms with Crippen molar-refractivity contribution in [1.29, 1.82) is 0 Å². The Morgan fingerprint density at radius 2 is 0.756 bits per heavy atom. The topological polar surface area (TPSA) is 319 Å². The fourth-order valence-electron chi connectivity index (χ4n) is 2.77. The summed E-state index contributed by atoms with van der Waals surface area (Å²) >= 11 is 0. The quantitative estimate of drug-likeness (QED) is 0.0665. The molecule has 0 amide bonds. The van der Waals surface area contributed by atoms with E-state index in [9.17, 15) is 69.0 Å². The van der Waals surface area contributed by atoms with E-state index < -0.39 is 151 Å². The van der Waals surface area contributed by atoms with E-state index >= 15 is 0 Å². The van der Waals surface area contributed by atoms with Crippen molar-refractivity contribution in [3.05, 3.63) is 0 Å². The second-order valence-corrected chi connectivity index (χ2v) is 7.85. The Morgan fingerprint density at radius 1 is 0.511 bits per heavy atom. The fourth-order valence-corrected chi connectivity index (χ4v) is 2.77. The molecule has 0 aromatic rings. The zero-order valence-electron chi connectivity index (χ0n) is 29.3. The first kappa shape index (κ1) is 34.7. The molecule has 0 aromatic heterocycles. The van der Waals surface area contributed by atoms with E-state index in [1.807, 2.05) is 0 Å². The average molecular weight is 689 g/mol. The summed E-state index contributed by atoms with van der Waals surface area (Å²) in [6, 6.07) is 0. The van der Waals surface area contributed by atoms with E-state index in [0.717, 1.165) is 0 Å². The van der Waals surface area contributed by atoms with Gasteiger partial charge in [-0.25, -0.2) is 0 Å². The number of aliphatic carboxylic acids is 2. The van der Waals surface area contributed by atoms with Gasteiger partial charge in [-0.2, -0.15) is 0 Å². The minimum atomic E-state index is -2.56. The number of hydrogen-bond acceptors (Lipinski definition) is 20. The van der Waals surface area contributed by atoms with E-state index in [1.54, 1.807) is 0 Å². The largest absolute Gasteiger partial charge is 2.00 e. The van der Waals surface area contributed by atoms with E-state index in [1.165, 1.54) is 0 Å². The second-order valence-electron chi connectivity index (χ2n) is 7.85. The third kappa shape index (κ3) is 20.5. The van der Waals surface area contributed by atoms with Crippen LogP contribution in [-0.2, 0) is 66.8 Å². The molecule has 45 heavy (non-hydrogen) atoms. The predicted octanol–water partition coefficient (Wildman–Crippen LogP) is -6.61. The summed E-state index contributed by atoms with van der Waals surface area (Å²) in [5.74, 6) is -11.6. The Hall–Kier alpha value is -3.14. The first-order valence-corrected chi connectivity index (χ1v) is 11.3. The van der Waals surface area contributed by atoms with Crippen LogP contribution in [0.15, 0.2) is 0 Å². The van der Waals surface area contributed by atoms with Crippen molar-refractivity contribution >= 4 is 85.5 Å². The molecule has 4 N–H and O–H groups in total. The maximum absolute atomic E-state index is 11.3. The summed E-state index contributed by atoms with van der Waals surface area (Å²) in [6.45, 7) is -7.19. The van der Waals surface area contributed by atoms with Gasteiger partial charge in [0.1, 0.15) is 37.6 Å². The van der Waals surface area contributed by atoms with Crippen molar-refractivity contribution in [1.82, 2.24) is 0 Å². The number of hydrogen-bond donors (Lipinski definition) is 4. The smallest absolute Gasteiger partial charge is 0.547 e. The zero-order valence-corrected chi connectivity index (χ0v) is 25.5. The van der Waals surface area contributed by atoms with Crippen LogP contribution in [0.1, 0.15) is 49.6 Å². The van der Waals surface area contributed by atoms with Crippen LogP contribution >= 0.6 is 0 Å². The van der Waals surface area contributed by atoms with E-state index in [4.69, 9.17) is 8.22 Å². The van der Waals surface area contributed by atoms with Crippen LogP contribution in [0.3, 0.4) is 0 Å². The summed E-state index contributed by atoms with van der Waals surface area (Å²) in [5, 5.41) is 60.7. The van der Waals surface area contributed by atoms with Crippen LogP contribution in [-0.4, -0.2) is 168 Å². The summed E-state index contributed by atoms with van der Waals surface area (Å²) in [5.41, 5.74) is 0. The van der Waals surface area contributed by atoms with Crippen LogP contribution in [0.25, 0.3) is 0 Å². The number of carbonyl (C=O) groups excluding carboxylic acids is 8. The van der Waals surface area contributed by atoms with Crippen molar-refractivity contribution < 1.29 is 106 Å². The molecule has 0 bridgehead atoms. The Balaban J connectivity index is -0.000000886. The molecule has 0 fully saturated rings. The first-order chi connectivity index (χ1) is 23.3. The minimum absolute atomic E-state index is 0. The number of carboxylic acid groups (broad SMARTS) is 2. The van der Waals surface area contributed by atoms with Gasteiger partial charge in [-0.1, -0.05) is 0 Å². The van der Waals surface area contributed by atoms with Gasteiger partial charge in [0.25, 0.3) is 0 Å². The van der Waals surface area contributed by atoms with Crippen molar-refractivity contribution in [3.63, 3.8) is 0 Å². The van der Waals surface area contributed by atoms with Gasteiger partial charge in [0.2, 0.25) is 0 Å². The number of carbonyl (C=O) groups is 8. The third-order valence-electron chi connectivity index (χ3n) is 4.41. The monoisotopic (exact) mass is 688 g/mol. The van der Waals surface area contributed by atoms with Gasteiger partial charge < -0.3 is 68.6 Å². The first-order valence-electron chi connectivity index (χ1n) is 15.6. The maximum atomic E-state index is 11.3. The van der Waals surface area contributed by atoms with Gasteiger partial charge in [-0.15, -0.1) is 0 Å². The molecule has 0 saturated carbocycles. The number of carboxylic acids is 2. The van der Waals surface area contributed by atoms with E-state index in [-0.39, 0.29) is 37.7 Å². The normalized spacial score (nSPS) is 17.2. The average Bonchev–Trinajstić information content (AvgIpc) is 3.10. The Morgan fingerprint density at radius 3 is 0.978 bits per heavy atom. The summed E-state index contributed by atoms with van der Waals surface area (Å²) in [4.78, 5) is 88.6. The third-order valence-corrected chi connectivity index (χ3v) is 4.41. The number of ether oxygens (including phenoxy) is 6. The molecule has 0 radical (unpaired) electrons.